The monoisotopic (exact) mass is 478 g/mol. The number of anilines is 1. The van der Waals surface area contributed by atoms with Crippen molar-refractivity contribution in [3.8, 4) is 17.0 Å². The largest absolute Gasteiger partial charge is 0.507 e. The number of carbonyl (C=O) groups excluding carboxylic acids is 1. The van der Waals surface area contributed by atoms with E-state index in [0.29, 0.717) is 28.2 Å². The standard InChI is InChI=1S/C26H31FN6O2/c1-25-8-5-9-26(2,32-25)14-16(13-25)33(4)22-7-6-19(30-31-22)17-10-15-11-18(27)23(24(35)28-3)29-20(15)12-21(17)34/h6-7,10-12,16,32,34H,5,8-9,13-14H2,1-4H3,(H,28,35)/t16?,25-,26+. The van der Waals surface area contributed by atoms with E-state index in [2.05, 4.69) is 51.6 Å². The number of benzene rings is 1. The van der Waals surface area contributed by atoms with Crippen LogP contribution >= 0.6 is 0 Å². The summed E-state index contributed by atoms with van der Waals surface area (Å²) in [5.74, 6) is -0.652. The minimum absolute atomic E-state index is 0.0677. The van der Waals surface area contributed by atoms with Crippen molar-refractivity contribution < 1.29 is 14.3 Å². The maximum Gasteiger partial charge on any atom is 0.272 e. The Morgan fingerprint density at radius 3 is 2.51 bits per heavy atom. The third-order valence-corrected chi connectivity index (χ3v) is 7.60. The molecule has 9 heteroatoms. The number of amides is 1. The van der Waals surface area contributed by atoms with Crippen molar-refractivity contribution in [2.75, 3.05) is 19.0 Å². The van der Waals surface area contributed by atoms with E-state index in [-0.39, 0.29) is 22.5 Å². The van der Waals surface area contributed by atoms with Gasteiger partial charge in [-0.2, -0.15) is 0 Å². The van der Waals surface area contributed by atoms with Crippen molar-refractivity contribution in [3.05, 3.63) is 41.8 Å². The van der Waals surface area contributed by atoms with Crippen molar-refractivity contribution in [3.63, 3.8) is 0 Å². The number of carbonyl (C=O) groups is 1. The first-order valence-electron chi connectivity index (χ1n) is 12.0. The molecule has 3 atom stereocenters. The zero-order valence-corrected chi connectivity index (χ0v) is 20.5. The van der Waals surface area contributed by atoms with Gasteiger partial charge in [-0.3, -0.25) is 4.79 Å². The Morgan fingerprint density at radius 1 is 1.17 bits per heavy atom. The molecule has 3 N–H and O–H groups in total. The third kappa shape index (κ3) is 4.29. The lowest BCUT2D eigenvalue weighted by Gasteiger charge is -2.55. The summed E-state index contributed by atoms with van der Waals surface area (Å²) in [7, 11) is 3.47. The van der Waals surface area contributed by atoms with E-state index in [9.17, 15) is 14.3 Å². The van der Waals surface area contributed by atoms with Crippen LogP contribution in [0.25, 0.3) is 22.2 Å². The van der Waals surface area contributed by atoms with E-state index in [1.807, 2.05) is 12.1 Å². The van der Waals surface area contributed by atoms with Gasteiger partial charge in [-0.15, -0.1) is 10.2 Å². The highest BCUT2D eigenvalue weighted by Crippen LogP contribution is 2.42. The maximum absolute atomic E-state index is 14.4. The van der Waals surface area contributed by atoms with Gasteiger partial charge in [-0.25, -0.2) is 9.37 Å². The minimum Gasteiger partial charge on any atom is -0.507 e. The summed E-state index contributed by atoms with van der Waals surface area (Å²) in [5, 5.41) is 26.1. The molecule has 0 saturated carbocycles. The van der Waals surface area contributed by atoms with Crippen LogP contribution in [-0.4, -0.2) is 57.4 Å². The van der Waals surface area contributed by atoms with Crippen molar-refractivity contribution in [1.82, 2.24) is 25.8 Å². The van der Waals surface area contributed by atoms with Crippen LogP contribution in [-0.2, 0) is 0 Å². The third-order valence-electron chi connectivity index (χ3n) is 7.60. The Kier molecular flexibility index (Phi) is 5.62. The summed E-state index contributed by atoms with van der Waals surface area (Å²) in [4.78, 5) is 18.1. The molecule has 35 heavy (non-hydrogen) atoms. The van der Waals surface area contributed by atoms with Crippen LogP contribution in [0.4, 0.5) is 10.2 Å². The number of hydrogen-bond acceptors (Lipinski definition) is 7. The summed E-state index contributed by atoms with van der Waals surface area (Å²) in [6.45, 7) is 4.63. The summed E-state index contributed by atoms with van der Waals surface area (Å²) >= 11 is 0. The lowest BCUT2D eigenvalue weighted by molar-refractivity contribution is 0.0784. The predicted molar refractivity (Wildman–Crippen MR) is 133 cm³/mol. The predicted octanol–water partition coefficient (Wildman–Crippen LogP) is 3.79. The average Bonchev–Trinajstić information content (AvgIpc) is 2.81. The van der Waals surface area contributed by atoms with Crippen LogP contribution in [0.3, 0.4) is 0 Å². The first kappa shape index (κ1) is 23.4. The fourth-order valence-corrected chi connectivity index (χ4v) is 5.93. The smallest absolute Gasteiger partial charge is 0.272 e. The number of aromatic hydroxyl groups is 1. The Morgan fingerprint density at radius 2 is 1.89 bits per heavy atom. The summed E-state index contributed by atoms with van der Waals surface area (Å²) in [6, 6.07) is 8.32. The van der Waals surface area contributed by atoms with Gasteiger partial charge < -0.3 is 20.6 Å². The molecule has 184 valence electrons. The number of nitrogens with zero attached hydrogens (tertiary/aromatic N) is 4. The second kappa shape index (κ2) is 8.41. The second-order valence-electron chi connectivity index (χ2n) is 10.5. The quantitative estimate of drug-likeness (QED) is 0.524. The minimum atomic E-state index is -0.731. The number of fused-ring (bicyclic) bond motifs is 3. The Hall–Kier alpha value is -3.33. The normalized spacial score (nSPS) is 25.9. The van der Waals surface area contributed by atoms with Gasteiger partial charge in [0.2, 0.25) is 0 Å². The lowest BCUT2D eigenvalue weighted by atomic mass is 9.69. The van der Waals surface area contributed by atoms with E-state index in [0.717, 1.165) is 18.7 Å². The zero-order valence-electron chi connectivity index (χ0n) is 20.5. The number of piperidine rings is 2. The summed E-state index contributed by atoms with van der Waals surface area (Å²) in [6.07, 6.45) is 5.71. The molecule has 0 aliphatic carbocycles. The van der Waals surface area contributed by atoms with Crippen LogP contribution in [0.5, 0.6) is 5.75 Å². The number of pyridine rings is 1. The molecule has 2 aliphatic heterocycles. The highest BCUT2D eigenvalue weighted by atomic mass is 19.1. The maximum atomic E-state index is 14.4. The number of phenols is 1. The molecule has 0 radical (unpaired) electrons. The molecular weight excluding hydrogens is 447 g/mol. The molecule has 5 rings (SSSR count). The molecule has 2 saturated heterocycles. The van der Waals surface area contributed by atoms with Crippen LogP contribution in [0.2, 0.25) is 0 Å². The average molecular weight is 479 g/mol. The van der Waals surface area contributed by atoms with Gasteiger partial charge in [-0.05, 0) is 70.2 Å². The number of nitrogens with one attached hydrogen (secondary N) is 2. The molecule has 0 spiro atoms. The Bertz CT molecular complexity index is 1280. The number of phenolic OH excluding ortho intramolecular Hbond substituents is 1. The highest BCUT2D eigenvalue weighted by Gasteiger charge is 2.46. The topological polar surface area (TPSA) is 103 Å². The van der Waals surface area contributed by atoms with Gasteiger partial charge in [-0.1, -0.05) is 0 Å². The molecule has 2 fully saturated rings. The molecule has 2 aliphatic rings. The SMILES string of the molecule is CNC(=O)c1nc2cc(O)c(-c3ccc(N(C)C4C[C@]5(C)CCC[C@](C)(C4)N5)nn3)cc2cc1F. The van der Waals surface area contributed by atoms with E-state index >= 15 is 0 Å². The van der Waals surface area contributed by atoms with Crippen molar-refractivity contribution in [2.45, 2.75) is 63.1 Å². The molecule has 8 nitrogen and oxygen atoms in total. The van der Waals surface area contributed by atoms with Crippen LogP contribution in [0.1, 0.15) is 56.4 Å². The molecule has 2 bridgehead atoms. The fraction of sp³-hybridized carbons (Fsp3) is 0.462. The number of hydrogen-bond donors (Lipinski definition) is 3. The van der Waals surface area contributed by atoms with Gasteiger partial charge in [0.25, 0.3) is 5.91 Å². The van der Waals surface area contributed by atoms with Gasteiger partial charge >= 0.3 is 0 Å². The van der Waals surface area contributed by atoms with Gasteiger partial charge in [0, 0.05) is 48.2 Å². The fourth-order valence-electron chi connectivity index (χ4n) is 5.93. The van der Waals surface area contributed by atoms with E-state index in [4.69, 9.17) is 0 Å². The number of halogens is 1. The highest BCUT2D eigenvalue weighted by molar-refractivity contribution is 5.96. The molecular formula is C26H31FN6O2. The van der Waals surface area contributed by atoms with Crippen LogP contribution in [0, 0.1) is 5.82 Å². The first-order chi connectivity index (χ1) is 16.6. The molecule has 1 aromatic carbocycles. The number of rotatable bonds is 4. The Labute approximate surface area is 204 Å². The van der Waals surface area contributed by atoms with Gasteiger partial charge in [0.1, 0.15) is 5.75 Å². The zero-order chi connectivity index (χ0) is 25.0. The summed E-state index contributed by atoms with van der Waals surface area (Å²) in [5.41, 5.74) is 1.16. The van der Waals surface area contributed by atoms with E-state index in [1.165, 1.54) is 38.4 Å². The molecule has 4 heterocycles. The molecule has 3 aromatic rings. The van der Waals surface area contributed by atoms with Crippen molar-refractivity contribution in [1.29, 1.82) is 0 Å². The van der Waals surface area contributed by atoms with E-state index in [1.54, 1.807) is 6.07 Å². The van der Waals surface area contributed by atoms with Crippen LogP contribution in [0.15, 0.2) is 30.3 Å². The summed E-state index contributed by atoms with van der Waals surface area (Å²) < 4.78 is 14.4. The molecule has 1 amide bonds. The lowest BCUT2D eigenvalue weighted by Crippen LogP contribution is -2.66. The first-order valence-corrected chi connectivity index (χ1v) is 12.0. The Balaban J connectivity index is 1.41. The molecule has 1 unspecified atom stereocenters. The van der Waals surface area contributed by atoms with E-state index < -0.39 is 11.7 Å². The second-order valence-corrected chi connectivity index (χ2v) is 10.5. The number of aromatic nitrogens is 3. The van der Waals surface area contributed by atoms with Crippen molar-refractivity contribution >= 4 is 22.6 Å². The van der Waals surface area contributed by atoms with Gasteiger partial charge in [0.05, 0.1) is 11.2 Å². The van der Waals surface area contributed by atoms with Gasteiger partial charge in [0.15, 0.2) is 17.3 Å². The van der Waals surface area contributed by atoms with Crippen molar-refractivity contribution in [2.24, 2.45) is 0 Å². The molecule has 2 aromatic heterocycles. The van der Waals surface area contributed by atoms with Crippen LogP contribution < -0.4 is 15.5 Å².